The van der Waals surface area contributed by atoms with Gasteiger partial charge in [-0.3, -0.25) is 0 Å². The molecule has 0 spiro atoms. The number of fused-ring (bicyclic) bond motifs is 2. The molecule has 4 saturated carbocycles. The van der Waals surface area contributed by atoms with E-state index in [0.29, 0.717) is 41.4 Å². The van der Waals surface area contributed by atoms with E-state index < -0.39 is 0 Å². The number of hydrogen-bond acceptors (Lipinski definition) is 0. The second-order valence-corrected chi connectivity index (χ2v) is 10.8. The summed E-state index contributed by atoms with van der Waals surface area (Å²) in [6, 6.07) is 0. The van der Waals surface area contributed by atoms with Gasteiger partial charge in [0, 0.05) is 5.92 Å². The summed E-state index contributed by atoms with van der Waals surface area (Å²) in [6.07, 6.45) is 18.3. The van der Waals surface area contributed by atoms with Gasteiger partial charge in [-0.15, -0.1) is 0 Å². The van der Waals surface area contributed by atoms with Crippen molar-refractivity contribution >= 4 is 0 Å². The van der Waals surface area contributed by atoms with Crippen LogP contribution in [0.2, 0.25) is 0 Å². The molecular weight excluding hydrogens is 350 g/mol. The highest BCUT2D eigenvalue weighted by Crippen LogP contribution is 2.62. The first-order valence-corrected chi connectivity index (χ1v) is 12.2. The fourth-order valence-electron chi connectivity index (χ4n) is 7.74. The van der Waals surface area contributed by atoms with Gasteiger partial charge < -0.3 is 0 Å². The summed E-state index contributed by atoms with van der Waals surface area (Å²) < 4.78 is 31.0. The van der Waals surface area contributed by atoms with Crippen molar-refractivity contribution in [2.45, 2.75) is 77.0 Å². The topological polar surface area (TPSA) is 0 Å². The normalized spacial score (nSPS) is 43.8. The molecule has 6 atom stereocenters. The quantitative estimate of drug-likeness (QED) is 0.468. The summed E-state index contributed by atoms with van der Waals surface area (Å²) in [5, 5.41) is 0. The Hall–Kier alpha value is -0.920. The summed E-state index contributed by atoms with van der Waals surface area (Å²) in [5.74, 6) is 3.53. The first kappa shape index (κ1) is 17.9. The second kappa shape index (κ2) is 6.81. The van der Waals surface area contributed by atoms with Crippen LogP contribution in [0.15, 0.2) is 35.0 Å². The van der Waals surface area contributed by atoms with Gasteiger partial charge in [0.25, 0.3) is 0 Å². The highest BCUT2D eigenvalue weighted by Gasteiger charge is 2.55. The van der Waals surface area contributed by atoms with Crippen LogP contribution < -0.4 is 0 Å². The summed E-state index contributed by atoms with van der Waals surface area (Å²) in [5.41, 5.74) is 2.51. The second-order valence-electron chi connectivity index (χ2n) is 10.8. The molecule has 4 fully saturated rings. The minimum atomic E-state index is 0.0900. The van der Waals surface area contributed by atoms with E-state index in [-0.39, 0.29) is 17.6 Å². The molecule has 0 amide bonds. The average molecular weight is 385 g/mol. The highest BCUT2D eigenvalue weighted by atomic mass is 19.1. The fraction of sp³-hybridized carbons (Fsp3) is 0.769. The summed E-state index contributed by atoms with van der Waals surface area (Å²) in [4.78, 5) is 0. The zero-order valence-corrected chi connectivity index (χ0v) is 17.0. The Kier molecular flexibility index (Phi) is 4.35. The Balaban J connectivity index is 1.47. The van der Waals surface area contributed by atoms with Gasteiger partial charge >= 0.3 is 0 Å². The maximum absolute atomic E-state index is 15.5. The lowest BCUT2D eigenvalue weighted by Gasteiger charge is -2.51. The van der Waals surface area contributed by atoms with Crippen molar-refractivity contribution in [2.75, 3.05) is 0 Å². The van der Waals surface area contributed by atoms with E-state index in [1.165, 1.54) is 56.9 Å². The number of halogens is 2. The van der Waals surface area contributed by atoms with Gasteiger partial charge in [0.1, 0.15) is 5.83 Å². The van der Waals surface area contributed by atoms with Crippen molar-refractivity contribution in [1.29, 1.82) is 0 Å². The molecule has 0 radical (unpaired) electrons. The van der Waals surface area contributed by atoms with Crippen LogP contribution >= 0.6 is 0 Å². The molecule has 6 aliphatic carbocycles. The van der Waals surface area contributed by atoms with Crippen LogP contribution in [0, 0.1) is 47.3 Å². The number of allylic oxidation sites excluding steroid dienone is 6. The molecule has 6 rings (SSSR count). The zero-order chi connectivity index (χ0) is 18.8. The largest absolute Gasteiger partial charge is 0.212 e. The molecule has 0 bridgehead atoms. The van der Waals surface area contributed by atoms with Gasteiger partial charge in [-0.05, 0) is 117 Å². The smallest absolute Gasteiger partial charge is 0.122 e. The van der Waals surface area contributed by atoms with Gasteiger partial charge in [-0.25, -0.2) is 8.78 Å². The van der Waals surface area contributed by atoms with E-state index in [0.717, 1.165) is 31.3 Å². The van der Waals surface area contributed by atoms with Crippen molar-refractivity contribution in [3.63, 3.8) is 0 Å². The standard InChI is InChI=1S/C26H34F2/c27-21-13-17-5-1-3-7-19(17)25(23(21)15-9-10-15)26-20-8-4-2-6-18(20)14-22(28)24(26)16-11-12-16/h13-17,19-20,23,25-26H,1-12H2/t17?,19?,20-,23?,25?,26?/m1/s1. The third kappa shape index (κ3) is 2.88. The predicted molar refractivity (Wildman–Crippen MR) is 109 cm³/mol. The van der Waals surface area contributed by atoms with Crippen LogP contribution in [0.25, 0.3) is 0 Å². The van der Waals surface area contributed by atoms with Crippen LogP contribution in [0.1, 0.15) is 77.0 Å². The first-order chi connectivity index (χ1) is 13.7. The van der Waals surface area contributed by atoms with Crippen molar-refractivity contribution < 1.29 is 8.78 Å². The molecule has 0 nitrogen and oxygen atoms in total. The van der Waals surface area contributed by atoms with E-state index in [1.807, 2.05) is 12.2 Å². The summed E-state index contributed by atoms with van der Waals surface area (Å²) in [7, 11) is 0. The average Bonchev–Trinajstić information content (AvgIpc) is 3.60. The molecule has 152 valence electrons. The maximum atomic E-state index is 15.5. The Labute approximate surface area is 168 Å². The third-order valence-corrected chi connectivity index (χ3v) is 9.12. The Morgan fingerprint density at radius 2 is 1.57 bits per heavy atom. The Morgan fingerprint density at radius 1 is 0.786 bits per heavy atom. The zero-order valence-electron chi connectivity index (χ0n) is 17.0. The molecule has 0 aromatic heterocycles. The molecule has 0 aromatic rings. The van der Waals surface area contributed by atoms with Crippen molar-refractivity contribution in [3.05, 3.63) is 35.0 Å². The van der Waals surface area contributed by atoms with Gasteiger partial charge in [-0.2, -0.15) is 0 Å². The molecular formula is C26H34F2. The minimum absolute atomic E-state index is 0.0900. The molecule has 2 heteroatoms. The van der Waals surface area contributed by atoms with E-state index in [1.54, 1.807) is 0 Å². The van der Waals surface area contributed by atoms with Crippen LogP contribution in [-0.2, 0) is 0 Å². The van der Waals surface area contributed by atoms with E-state index in [2.05, 4.69) is 0 Å². The van der Waals surface area contributed by atoms with Crippen molar-refractivity contribution in [3.8, 4) is 0 Å². The minimum Gasteiger partial charge on any atom is -0.212 e. The van der Waals surface area contributed by atoms with Gasteiger partial charge in [0.2, 0.25) is 0 Å². The van der Waals surface area contributed by atoms with Crippen LogP contribution in [0.4, 0.5) is 8.78 Å². The molecule has 0 aliphatic heterocycles. The number of rotatable bonds is 3. The molecule has 5 unspecified atom stereocenters. The molecule has 28 heavy (non-hydrogen) atoms. The SMILES string of the molecule is FC1=CC2CCCCC2C(C2C(C3CC3)=C(F)C=C3CCCC[C@H]32)C1C1CC1. The molecule has 0 saturated heterocycles. The monoisotopic (exact) mass is 384 g/mol. The molecule has 0 heterocycles. The lowest BCUT2D eigenvalue weighted by Crippen LogP contribution is -2.45. The summed E-state index contributed by atoms with van der Waals surface area (Å²) in [6.45, 7) is 0. The lowest BCUT2D eigenvalue weighted by molar-refractivity contribution is 0.0464. The van der Waals surface area contributed by atoms with Crippen molar-refractivity contribution in [2.24, 2.45) is 47.3 Å². The van der Waals surface area contributed by atoms with Crippen LogP contribution in [0.5, 0.6) is 0 Å². The molecule has 0 N–H and O–H groups in total. The first-order valence-electron chi connectivity index (χ1n) is 12.2. The van der Waals surface area contributed by atoms with Gasteiger partial charge in [0.15, 0.2) is 0 Å². The van der Waals surface area contributed by atoms with Gasteiger partial charge in [0.05, 0.1) is 5.83 Å². The lowest BCUT2D eigenvalue weighted by atomic mass is 9.53. The summed E-state index contributed by atoms with van der Waals surface area (Å²) >= 11 is 0. The third-order valence-electron chi connectivity index (χ3n) is 9.12. The molecule has 0 aromatic carbocycles. The maximum Gasteiger partial charge on any atom is 0.122 e. The van der Waals surface area contributed by atoms with Crippen LogP contribution in [-0.4, -0.2) is 0 Å². The Morgan fingerprint density at radius 3 is 2.36 bits per heavy atom. The van der Waals surface area contributed by atoms with Crippen LogP contribution in [0.3, 0.4) is 0 Å². The van der Waals surface area contributed by atoms with E-state index in [9.17, 15) is 0 Å². The van der Waals surface area contributed by atoms with Gasteiger partial charge in [-0.1, -0.05) is 24.8 Å². The predicted octanol–water partition coefficient (Wildman–Crippen LogP) is 7.68. The highest BCUT2D eigenvalue weighted by molar-refractivity contribution is 5.39. The number of hydrogen-bond donors (Lipinski definition) is 0. The fourth-order valence-corrected chi connectivity index (χ4v) is 7.74. The van der Waals surface area contributed by atoms with E-state index >= 15 is 8.78 Å². The molecule has 6 aliphatic rings. The van der Waals surface area contributed by atoms with Crippen molar-refractivity contribution in [1.82, 2.24) is 0 Å². The van der Waals surface area contributed by atoms with E-state index in [4.69, 9.17) is 0 Å². The Bertz CT molecular complexity index is 736.